The summed E-state index contributed by atoms with van der Waals surface area (Å²) >= 11 is 0. The molecule has 0 aromatic carbocycles. The minimum absolute atomic E-state index is 0.579. The van der Waals surface area contributed by atoms with Gasteiger partial charge in [0.2, 0.25) is 0 Å². The van der Waals surface area contributed by atoms with Crippen LogP contribution in [0.15, 0.2) is 0 Å². The minimum Gasteiger partial charge on any atom is -0.301 e. The Kier molecular flexibility index (Phi) is 7.46. The molecular formula is C15H25N3. The summed E-state index contributed by atoms with van der Waals surface area (Å²) in [5, 5.41) is 17.3. The second-order valence-electron chi connectivity index (χ2n) is 5.41. The molecule has 0 aromatic rings. The van der Waals surface area contributed by atoms with Gasteiger partial charge >= 0.3 is 0 Å². The molecule has 0 bridgehead atoms. The number of hydrogen-bond acceptors (Lipinski definition) is 3. The maximum Gasteiger partial charge on any atom is 0.0635 e. The Morgan fingerprint density at radius 2 is 1.44 bits per heavy atom. The molecule has 1 fully saturated rings. The smallest absolute Gasteiger partial charge is 0.0635 e. The lowest BCUT2D eigenvalue weighted by molar-refractivity contribution is 0.183. The third-order valence-electron chi connectivity index (χ3n) is 4.14. The predicted molar refractivity (Wildman–Crippen MR) is 72.6 cm³/mol. The predicted octanol–water partition coefficient (Wildman–Crippen LogP) is 3.33. The quantitative estimate of drug-likeness (QED) is 0.693. The number of hydrogen-bond donors (Lipinski definition) is 0. The van der Waals surface area contributed by atoms with Gasteiger partial charge in [0, 0.05) is 32.5 Å². The fraction of sp³-hybridized carbons (Fsp3) is 0.867. The summed E-state index contributed by atoms with van der Waals surface area (Å²) in [6, 6.07) is 4.41. The van der Waals surface area contributed by atoms with Crippen LogP contribution < -0.4 is 0 Å². The Morgan fingerprint density at radius 1 is 0.944 bits per heavy atom. The van der Waals surface area contributed by atoms with Crippen molar-refractivity contribution in [3.8, 4) is 12.1 Å². The van der Waals surface area contributed by atoms with Crippen LogP contribution in [0.25, 0.3) is 0 Å². The molecule has 1 rings (SSSR count). The zero-order chi connectivity index (χ0) is 13.2. The zero-order valence-electron chi connectivity index (χ0n) is 11.6. The SMILES string of the molecule is CCC1CCC(CN(CCC#N)CCC#N)CC1. The first-order chi connectivity index (χ1) is 8.80. The standard InChI is InChI=1S/C15H25N3/c1-2-14-5-7-15(8-6-14)13-18(11-3-9-16)12-4-10-17/h14-15H,2-8,11-13H2,1H3. The first-order valence-electron chi connectivity index (χ1n) is 7.26. The molecule has 1 aliphatic rings. The van der Waals surface area contributed by atoms with E-state index in [-0.39, 0.29) is 0 Å². The topological polar surface area (TPSA) is 50.8 Å². The molecule has 1 saturated carbocycles. The number of nitriles is 2. The summed E-state index contributed by atoms with van der Waals surface area (Å²) in [4.78, 5) is 2.31. The van der Waals surface area contributed by atoms with Gasteiger partial charge in [-0.15, -0.1) is 0 Å². The van der Waals surface area contributed by atoms with Crippen LogP contribution in [0.3, 0.4) is 0 Å². The summed E-state index contributed by atoms with van der Waals surface area (Å²) in [5.74, 6) is 1.72. The van der Waals surface area contributed by atoms with Gasteiger partial charge in [-0.2, -0.15) is 10.5 Å². The summed E-state index contributed by atoms with van der Waals surface area (Å²) in [6.07, 6.45) is 7.87. The molecule has 3 heteroatoms. The molecule has 0 aliphatic heterocycles. The van der Waals surface area contributed by atoms with E-state index < -0.39 is 0 Å². The van der Waals surface area contributed by atoms with Gasteiger partial charge in [0.05, 0.1) is 12.1 Å². The highest BCUT2D eigenvalue weighted by molar-refractivity contribution is 4.80. The van der Waals surface area contributed by atoms with E-state index in [1.165, 1.54) is 32.1 Å². The maximum absolute atomic E-state index is 8.67. The van der Waals surface area contributed by atoms with E-state index in [1.807, 2.05) is 0 Å². The van der Waals surface area contributed by atoms with Crippen molar-refractivity contribution in [1.29, 1.82) is 10.5 Å². The molecule has 0 saturated heterocycles. The van der Waals surface area contributed by atoms with Crippen LogP contribution in [0.2, 0.25) is 0 Å². The van der Waals surface area contributed by atoms with Gasteiger partial charge in [-0.3, -0.25) is 0 Å². The highest BCUT2D eigenvalue weighted by atomic mass is 15.1. The van der Waals surface area contributed by atoms with Gasteiger partial charge in [-0.1, -0.05) is 26.2 Å². The van der Waals surface area contributed by atoms with Crippen LogP contribution >= 0.6 is 0 Å². The van der Waals surface area contributed by atoms with E-state index in [9.17, 15) is 0 Å². The van der Waals surface area contributed by atoms with E-state index in [4.69, 9.17) is 10.5 Å². The van der Waals surface area contributed by atoms with E-state index in [0.29, 0.717) is 12.8 Å². The molecule has 100 valence electrons. The summed E-state index contributed by atoms with van der Waals surface area (Å²) in [6.45, 7) is 5.02. The molecule has 1 aliphatic carbocycles. The van der Waals surface area contributed by atoms with Crippen molar-refractivity contribution < 1.29 is 0 Å². The molecule has 0 unspecified atom stereocenters. The van der Waals surface area contributed by atoms with Crippen molar-refractivity contribution in [2.75, 3.05) is 19.6 Å². The van der Waals surface area contributed by atoms with Gasteiger partial charge in [-0.05, 0) is 24.7 Å². The average molecular weight is 247 g/mol. The molecule has 0 heterocycles. The van der Waals surface area contributed by atoms with Crippen molar-refractivity contribution in [3.63, 3.8) is 0 Å². The molecular weight excluding hydrogens is 222 g/mol. The van der Waals surface area contributed by atoms with Crippen LogP contribution in [0, 0.1) is 34.5 Å². The van der Waals surface area contributed by atoms with E-state index in [1.54, 1.807) is 0 Å². The Hall–Kier alpha value is -1.06. The normalized spacial score (nSPS) is 23.6. The Balaban J connectivity index is 2.31. The van der Waals surface area contributed by atoms with Gasteiger partial charge in [-0.25, -0.2) is 0 Å². The second kappa shape index (κ2) is 8.95. The number of nitrogens with zero attached hydrogens (tertiary/aromatic N) is 3. The summed E-state index contributed by atoms with van der Waals surface area (Å²) in [7, 11) is 0. The fourth-order valence-electron chi connectivity index (χ4n) is 2.90. The van der Waals surface area contributed by atoms with Crippen molar-refractivity contribution >= 4 is 0 Å². The third kappa shape index (κ3) is 5.52. The Bertz CT molecular complexity index is 274. The summed E-state index contributed by atoms with van der Waals surface area (Å²) < 4.78 is 0. The zero-order valence-corrected chi connectivity index (χ0v) is 11.6. The van der Waals surface area contributed by atoms with E-state index in [2.05, 4.69) is 24.0 Å². The maximum atomic E-state index is 8.67. The molecule has 0 spiro atoms. The summed E-state index contributed by atoms with van der Waals surface area (Å²) in [5.41, 5.74) is 0. The van der Waals surface area contributed by atoms with Gasteiger partial charge in [0.25, 0.3) is 0 Å². The van der Waals surface area contributed by atoms with Gasteiger partial charge in [0.15, 0.2) is 0 Å². The number of rotatable bonds is 7. The van der Waals surface area contributed by atoms with Gasteiger partial charge in [0.1, 0.15) is 0 Å². The lowest BCUT2D eigenvalue weighted by atomic mass is 9.80. The fourth-order valence-corrected chi connectivity index (χ4v) is 2.90. The lowest BCUT2D eigenvalue weighted by Crippen LogP contribution is -2.33. The third-order valence-corrected chi connectivity index (χ3v) is 4.14. The van der Waals surface area contributed by atoms with E-state index >= 15 is 0 Å². The van der Waals surface area contributed by atoms with Crippen molar-refractivity contribution in [2.24, 2.45) is 11.8 Å². The largest absolute Gasteiger partial charge is 0.301 e. The van der Waals surface area contributed by atoms with E-state index in [0.717, 1.165) is 31.5 Å². The lowest BCUT2D eigenvalue weighted by Gasteiger charge is -2.32. The highest BCUT2D eigenvalue weighted by Crippen LogP contribution is 2.31. The highest BCUT2D eigenvalue weighted by Gasteiger charge is 2.21. The van der Waals surface area contributed by atoms with Crippen LogP contribution in [-0.2, 0) is 0 Å². The van der Waals surface area contributed by atoms with Crippen molar-refractivity contribution in [1.82, 2.24) is 4.90 Å². The van der Waals surface area contributed by atoms with Gasteiger partial charge < -0.3 is 4.90 Å². The van der Waals surface area contributed by atoms with Crippen LogP contribution in [0.1, 0.15) is 51.9 Å². The Morgan fingerprint density at radius 3 is 1.89 bits per heavy atom. The van der Waals surface area contributed by atoms with Crippen molar-refractivity contribution in [2.45, 2.75) is 51.9 Å². The van der Waals surface area contributed by atoms with Crippen molar-refractivity contribution in [3.05, 3.63) is 0 Å². The monoisotopic (exact) mass is 247 g/mol. The molecule has 0 radical (unpaired) electrons. The Labute approximate surface area is 111 Å². The minimum atomic E-state index is 0.579. The second-order valence-corrected chi connectivity index (χ2v) is 5.41. The molecule has 0 aromatic heterocycles. The molecule has 0 atom stereocenters. The first-order valence-corrected chi connectivity index (χ1v) is 7.26. The van der Waals surface area contributed by atoms with Crippen LogP contribution in [0.5, 0.6) is 0 Å². The average Bonchev–Trinajstić information content (AvgIpc) is 2.42. The molecule has 0 amide bonds. The van der Waals surface area contributed by atoms with Crippen LogP contribution in [-0.4, -0.2) is 24.5 Å². The molecule has 0 N–H and O–H groups in total. The molecule has 3 nitrogen and oxygen atoms in total. The molecule has 18 heavy (non-hydrogen) atoms. The first kappa shape index (κ1) is 15.0. The van der Waals surface area contributed by atoms with Crippen LogP contribution in [0.4, 0.5) is 0 Å².